The van der Waals surface area contributed by atoms with E-state index in [9.17, 15) is 19.2 Å². The number of rotatable bonds is 4. The second-order valence-corrected chi connectivity index (χ2v) is 6.16. The first-order valence-corrected chi connectivity index (χ1v) is 8.02. The molecule has 0 saturated carbocycles. The van der Waals surface area contributed by atoms with Gasteiger partial charge >= 0.3 is 0 Å². The molecule has 0 N–H and O–H groups in total. The smallest absolute Gasteiger partial charge is 0.261 e. The highest BCUT2D eigenvalue weighted by molar-refractivity contribution is 6.32. The summed E-state index contributed by atoms with van der Waals surface area (Å²) < 4.78 is 0. The van der Waals surface area contributed by atoms with Crippen LogP contribution in [0.15, 0.2) is 18.2 Å². The molecule has 2 aliphatic rings. The molecule has 1 saturated heterocycles. The number of amides is 4. The van der Waals surface area contributed by atoms with Gasteiger partial charge in [-0.2, -0.15) is 0 Å². The van der Waals surface area contributed by atoms with Crippen LogP contribution in [-0.4, -0.2) is 71.6 Å². The van der Waals surface area contributed by atoms with Crippen LogP contribution >= 0.6 is 11.6 Å². The number of benzene rings is 1. The number of hydrogen-bond acceptors (Lipinski definition) is 4. The Bertz CT molecular complexity index is 713. The molecule has 0 radical (unpaired) electrons. The van der Waals surface area contributed by atoms with Crippen LogP contribution in [0.25, 0.3) is 0 Å². The lowest BCUT2D eigenvalue weighted by molar-refractivity contribution is -0.135. The number of carbonyl (C=O) groups excluding carboxylic acids is 4. The molecule has 1 fully saturated rings. The predicted octanol–water partition coefficient (Wildman–Crippen LogP) is 0.627. The predicted molar refractivity (Wildman–Crippen MR) is 85.7 cm³/mol. The van der Waals surface area contributed by atoms with Crippen molar-refractivity contribution in [3.05, 3.63) is 34.3 Å². The molecule has 1 aromatic rings. The van der Waals surface area contributed by atoms with Crippen molar-refractivity contribution in [1.29, 1.82) is 0 Å². The Morgan fingerprint density at radius 1 is 1.08 bits per heavy atom. The molecule has 3 rings (SSSR count). The first-order chi connectivity index (χ1) is 11.5. The van der Waals surface area contributed by atoms with Crippen molar-refractivity contribution in [2.75, 3.05) is 32.7 Å². The van der Waals surface area contributed by atoms with Gasteiger partial charge in [-0.05, 0) is 18.2 Å². The van der Waals surface area contributed by atoms with Crippen molar-refractivity contribution in [3.8, 4) is 0 Å². The zero-order valence-corrected chi connectivity index (χ0v) is 13.7. The Morgan fingerprint density at radius 2 is 1.75 bits per heavy atom. The SMILES string of the molecule is O=CN1CCN(C(=O)CCN2C(=O)c3ccc(Cl)cc3C2=O)CC1. The van der Waals surface area contributed by atoms with Crippen molar-refractivity contribution in [3.63, 3.8) is 0 Å². The molecule has 4 amide bonds. The first-order valence-electron chi connectivity index (χ1n) is 7.64. The van der Waals surface area contributed by atoms with Crippen molar-refractivity contribution < 1.29 is 19.2 Å². The Balaban J connectivity index is 1.60. The summed E-state index contributed by atoms with van der Waals surface area (Å²) in [7, 11) is 0. The number of nitrogens with zero attached hydrogens (tertiary/aromatic N) is 3. The molecule has 2 heterocycles. The van der Waals surface area contributed by atoms with Gasteiger partial charge in [-0.1, -0.05) is 11.6 Å². The number of carbonyl (C=O) groups is 4. The first kappa shape index (κ1) is 16.4. The maximum atomic E-state index is 12.3. The fraction of sp³-hybridized carbons (Fsp3) is 0.375. The lowest BCUT2D eigenvalue weighted by Gasteiger charge is -2.32. The summed E-state index contributed by atoms with van der Waals surface area (Å²) in [6.45, 7) is 1.98. The monoisotopic (exact) mass is 349 g/mol. The number of fused-ring (bicyclic) bond motifs is 1. The molecule has 0 aliphatic carbocycles. The summed E-state index contributed by atoms with van der Waals surface area (Å²) >= 11 is 5.87. The van der Waals surface area contributed by atoms with E-state index < -0.39 is 11.8 Å². The standard InChI is InChI=1S/C16H16ClN3O4/c17-11-1-2-12-13(9-11)16(24)20(15(12)23)4-3-14(22)19-7-5-18(10-21)6-8-19/h1-2,9-10H,3-8H2. The van der Waals surface area contributed by atoms with Gasteiger partial charge in [0.2, 0.25) is 12.3 Å². The molecule has 126 valence electrons. The molecular formula is C16H16ClN3O4. The topological polar surface area (TPSA) is 78.0 Å². The zero-order valence-electron chi connectivity index (χ0n) is 12.9. The molecule has 0 atom stereocenters. The molecule has 2 aliphatic heterocycles. The van der Waals surface area contributed by atoms with E-state index in [1.807, 2.05) is 0 Å². The van der Waals surface area contributed by atoms with E-state index in [1.54, 1.807) is 15.9 Å². The van der Waals surface area contributed by atoms with Crippen LogP contribution in [0.4, 0.5) is 0 Å². The van der Waals surface area contributed by atoms with Crippen molar-refractivity contribution in [2.45, 2.75) is 6.42 Å². The fourth-order valence-corrected chi connectivity index (χ4v) is 3.08. The van der Waals surface area contributed by atoms with Crippen LogP contribution in [0.5, 0.6) is 0 Å². The molecule has 24 heavy (non-hydrogen) atoms. The normalized spacial score (nSPS) is 17.3. The Kier molecular flexibility index (Phi) is 4.53. The maximum absolute atomic E-state index is 12.3. The summed E-state index contributed by atoms with van der Waals surface area (Å²) in [6, 6.07) is 4.56. The molecule has 7 nitrogen and oxygen atoms in total. The maximum Gasteiger partial charge on any atom is 0.261 e. The summed E-state index contributed by atoms with van der Waals surface area (Å²) in [4.78, 5) is 51.8. The highest BCUT2D eigenvalue weighted by Gasteiger charge is 2.36. The third-order valence-corrected chi connectivity index (χ3v) is 4.53. The molecule has 0 aromatic heterocycles. The summed E-state index contributed by atoms with van der Waals surface area (Å²) in [6.07, 6.45) is 0.839. The molecule has 1 aromatic carbocycles. The quantitative estimate of drug-likeness (QED) is 0.590. The number of halogens is 1. The molecule has 0 bridgehead atoms. The van der Waals surface area contributed by atoms with Crippen LogP contribution < -0.4 is 0 Å². The van der Waals surface area contributed by atoms with Gasteiger partial charge in [0.05, 0.1) is 11.1 Å². The minimum Gasteiger partial charge on any atom is -0.342 e. The lowest BCUT2D eigenvalue weighted by Crippen LogP contribution is -2.48. The van der Waals surface area contributed by atoms with Crippen LogP contribution in [0.3, 0.4) is 0 Å². The van der Waals surface area contributed by atoms with E-state index in [-0.39, 0.29) is 24.4 Å². The van der Waals surface area contributed by atoms with Gasteiger partial charge < -0.3 is 9.80 Å². The third-order valence-electron chi connectivity index (χ3n) is 4.30. The van der Waals surface area contributed by atoms with Crippen LogP contribution in [0, 0.1) is 0 Å². The molecular weight excluding hydrogens is 334 g/mol. The minimum atomic E-state index is -0.420. The second kappa shape index (κ2) is 6.60. The highest BCUT2D eigenvalue weighted by Crippen LogP contribution is 2.25. The van der Waals surface area contributed by atoms with E-state index in [0.717, 1.165) is 11.3 Å². The largest absolute Gasteiger partial charge is 0.342 e. The Labute approximate surface area is 143 Å². The summed E-state index contributed by atoms with van der Waals surface area (Å²) in [5.74, 6) is -0.948. The van der Waals surface area contributed by atoms with Crippen molar-refractivity contribution in [2.24, 2.45) is 0 Å². The zero-order chi connectivity index (χ0) is 17.3. The third kappa shape index (κ3) is 2.99. The van der Waals surface area contributed by atoms with Crippen molar-refractivity contribution in [1.82, 2.24) is 14.7 Å². The van der Waals surface area contributed by atoms with E-state index in [4.69, 9.17) is 11.6 Å². The number of piperazine rings is 1. The Morgan fingerprint density at radius 3 is 2.42 bits per heavy atom. The summed E-state index contributed by atoms with van der Waals surface area (Å²) in [5, 5.41) is 0.390. The highest BCUT2D eigenvalue weighted by atomic mass is 35.5. The second-order valence-electron chi connectivity index (χ2n) is 5.72. The number of imide groups is 1. The number of hydrogen-bond donors (Lipinski definition) is 0. The van der Waals surface area contributed by atoms with Gasteiger partial charge in [0.1, 0.15) is 0 Å². The van der Waals surface area contributed by atoms with E-state index in [1.165, 1.54) is 12.1 Å². The lowest BCUT2D eigenvalue weighted by atomic mass is 10.1. The van der Waals surface area contributed by atoms with Crippen LogP contribution in [0.2, 0.25) is 5.02 Å². The van der Waals surface area contributed by atoms with Gasteiger partial charge in [0.25, 0.3) is 11.8 Å². The molecule has 0 unspecified atom stereocenters. The Hall–Kier alpha value is -2.41. The molecule has 8 heteroatoms. The average Bonchev–Trinajstić information content (AvgIpc) is 2.83. The van der Waals surface area contributed by atoms with Crippen LogP contribution in [-0.2, 0) is 9.59 Å². The van der Waals surface area contributed by atoms with Gasteiger partial charge in [-0.25, -0.2) is 0 Å². The average molecular weight is 350 g/mol. The minimum absolute atomic E-state index is 0.0384. The van der Waals surface area contributed by atoms with Gasteiger partial charge in [0.15, 0.2) is 0 Å². The fourth-order valence-electron chi connectivity index (χ4n) is 2.91. The van der Waals surface area contributed by atoms with E-state index in [0.29, 0.717) is 36.8 Å². The van der Waals surface area contributed by atoms with Gasteiger partial charge in [0, 0.05) is 44.2 Å². The van der Waals surface area contributed by atoms with E-state index >= 15 is 0 Å². The van der Waals surface area contributed by atoms with Gasteiger partial charge in [-0.15, -0.1) is 0 Å². The van der Waals surface area contributed by atoms with Crippen molar-refractivity contribution >= 4 is 35.7 Å². The summed E-state index contributed by atoms with van der Waals surface area (Å²) in [5.41, 5.74) is 0.594. The van der Waals surface area contributed by atoms with Gasteiger partial charge in [-0.3, -0.25) is 24.1 Å². The molecule has 0 spiro atoms. The van der Waals surface area contributed by atoms with Crippen LogP contribution in [0.1, 0.15) is 27.1 Å². The van der Waals surface area contributed by atoms with E-state index in [2.05, 4.69) is 0 Å².